The molecule has 0 saturated carbocycles. The maximum Gasteiger partial charge on any atom is 0.183 e. The number of phenolic OH excluding ortho intramolecular Hbond substituents is 1. The SMILES string of the molecule is CC(Nc1nccs1)c1cc(C(C)(C)C)cc(C(C)(C)C)c1O. The molecule has 3 nitrogen and oxygen atoms in total. The number of aromatic nitrogens is 1. The van der Waals surface area contributed by atoms with Gasteiger partial charge in [-0.1, -0.05) is 47.6 Å². The molecule has 0 radical (unpaired) electrons. The zero-order chi connectivity index (χ0) is 17.4. The molecule has 4 heteroatoms. The maximum atomic E-state index is 10.9. The van der Waals surface area contributed by atoms with Crippen molar-refractivity contribution >= 4 is 16.5 Å². The van der Waals surface area contributed by atoms with Gasteiger partial charge in [0.25, 0.3) is 0 Å². The summed E-state index contributed by atoms with van der Waals surface area (Å²) in [4.78, 5) is 4.28. The average Bonchev–Trinajstić information content (AvgIpc) is 2.88. The fraction of sp³-hybridized carbons (Fsp3) is 0.526. The summed E-state index contributed by atoms with van der Waals surface area (Å²) in [6.07, 6.45) is 1.78. The quantitative estimate of drug-likeness (QED) is 0.767. The Kier molecular flexibility index (Phi) is 4.76. The predicted molar refractivity (Wildman–Crippen MR) is 99.7 cm³/mol. The van der Waals surface area contributed by atoms with Crippen molar-refractivity contribution in [2.75, 3.05) is 5.32 Å². The molecule has 0 aliphatic carbocycles. The van der Waals surface area contributed by atoms with Crippen LogP contribution < -0.4 is 5.32 Å². The van der Waals surface area contributed by atoms with Gasteiger partial charge in [-0.15, -0.1) is 11.3 Å². The molecule has 2 rings (SSSR count). The number of benzene rings is 1. The van der Waals surface area contributed by atoms with E-state index in [0.717, 1.165) is 16.3 Å². The van der Waals surface area contributed by atoms with Gasteiger partial charge < -0.3 is 10.4 Å². The Labute approximate surface area is 143 Å². The van der Waals surface area contributed by atoms with Gasteiger partial charge in [0, 0.05) is 17.1 Å². The average molecular weight is 333 g/mol. The Balaban J connectivity index is 2.53. The number of rotatable bonds is 3. The first-order valence-electron chi connectivity index (χ1n) is 8.04. The van der Waals surface area contributed by atoms with Gasteiger partial charge in [-0.3, -0.25) is 0 Å². The Hall–Kier alpha value is -1.55. The summed E-state index contributed by atoms with van der Waals surface area (Å²) in [6, 6.07) is 4.26. The molecule has 0 aliphatic rings. The first-order valence-corrected chi connectivity index (χ1v) is 8.92. The molecular weight excluding hydrogens is 304 g/mol. The van der Waals surface area contributed by atoms with Gasteiger partial charge >= 0.3 is 0 Å². The second kappa shape index (κ2) is 6.16. The van der Waals surface area contributed by atoms with Crippen LogP contribution in [0.3, 0.4) is 0 Å². The first kappa shape index (κ1) is 17.8. The number of nitrogens with zero attached hydrogens (tertiary/aromatic N) is 1. The predicted octanol–water partition coefficient (Wildman–Crippen LogP) is 5.62. The minimum absolute atomic E-state index is 0.00968. The number of hydrogen-bond acceptors (Lipinski definition) is 4. The number of phenols is 1. The molecule has 0 saturated heterocycles. The van der Waals surface area contributed by atoms with Crippen molar-refractivity contribution in [1.82, 2.24) is 4.98 Å². The molecule has 0 aliphatic heterocycles. The molecule has 1 unspecified atom stereocenters. The highest BCUT2D eigenvalue weighted by Gasteiger charge is 2.26. The van der Waals surface area contributed by atoms with Gasteiger partial charge in [-0.05, 0) is 34.9 Å². The number of hydrogen-bond donors (Lipinski definition) is 2. The summed E-state index contributed by atoms with van der Waals surface area (Å²) in [5, 5.41) is 17.1. The summed E-state index contributed by atoms with van der Waals surface area (Å²) in [5.41, 5.74) is 3.08. The highest BCUT2D eigenvalue weighted by molar-refractivity contribution is 7.13. The molecule has 1 aromatic heterocycles. The summed E-state index contributed by atoms with van der Waals surface area (Å²) < 4.78 is 0. The maximum absolute atomic E-state index is 10.9. The van der Waals surface area contributed by atoms with Gasteiger partial charge in [-0.25, -0.2) is 4.98 Å². The zero-order valence-electron chi connectivity index (χ0n) is 15.2. The van der Waals surface area contributed by atoms with Gasteiger partial charge in [0.05, 0.1) is 6.04 Å². The van der Waals surface area contributed by atoms with Crippen molar-refractivity contribution < 1.29 is 5.11 Å². The molecule has 126 valence electrons. The van der Waals surface area contributed by atoms with Crippen LogP contribution in [0.2, 0.25) is 0 Å². The van der Waals surface area contributed by atoms with Crippen molar-refractivity contribution in [3.8, 4) is 5.75 Å². The number of aromatic hydroxyl groups is 1. The Bertz CT molecular complexity index is 664. The van der Waals surface area contributed by atoms with E-state index >= 15 is 0 Å². The molecule has 0 amide bonds. The van der Waals surface area contributed by atoms with Crippen LogP contribution in [0.5, 0.6) is 5.75 Å². The lowest BCUT2D eigenvalue weighted by Crippen LogP contribution is -2.19. The minimum Gasteiger partial charge on any atom is -0.507 e. The zero-order valence-corrected chi connectivity index (χ0v) is 16.0. The van der Waals surface area contributed by atoms with E-state index in [1.807, 2.05) is 5.38 Å². The number of thiazole rings is 1. The monoisotopic (exact) mass is 332 g/mol. The van der Waals surface area contributed by atoms with Crippen LogP contribution >= 0.6 is 11.3 Å². The van der Waals surface area contributed by atoms with Gasteiger partial charge in [0.2, 0.25) is 0 Å². The second-order valence-electron chi connectivity index (χ2n) is 8.16. The molecule has 0 bridgehead atoms. The third kappa shape index (κ3) is 4.05. The fourth-order valence-electron chi connectivity index (χ4n) is 2.55. The molecule has 1 heterocycles. The smallest absolute Gasteiger partial charge is 0.183 e. The van der Waals surface area contributed by atoms with Crippen molar-refractivity contribution in [3.63, 3.8) is 0 Å². The third-order valence-electron chi connectivity index (χ3n) is 4.05. The molecule has 2 N–H and O–H groups in total. The van der Waals surface area contributed by atoms with Gasteiger partial charge in [0.15, 0.2) is 5.13 Å². The van der Waals surface area contributed by atoms with E-state index < -0.39 is 0 Å². The lowest BCUT2D eigenvalue weighted by Gasteiger charge is -2.29. The van der Waals surface area contributed by atoms with Gasteiger partial charge in [0.1, 0.15) is 5.75 Å². The normalized spacial score (nSPS) is 13.9. The molecule has 0 fully saturated rings. The van der Waals surface area contributed by atoms with E-state index in [-0.39, 0.29) is 16.9 Å². The fourth-order valence-corrected chi connectivity index (χ4v) is 3.17. The third-order valence-corrected chi connectivity index (χ3v) is 4.76. The highest BCUT2D eigenvalue weighted by atomic mass is 32.1. The molecule has 23 heavy (non-hydrogen) atoms. The summed E-state index contributed by atoms with van der Waals surface area (Å²) in [6.45, 7) is 15.1. The molecular formula is C19H28N2OS. The van der Waals surface area contributed by atoms with Crippen LogP contribution in [0.1, 0.15) is 71.2 Å². The molecule has 0 spiro atoms. The summed E-state index contributed by atoms with van der Waals surface area (Å²) in [7, 11) is 0. The summed E-state index contributed by atoms with van der Waals surface area (Å²) in [5.74, 6) is 0.391. The molecule has 2 aromatic rings. The van der Waals surface area contributed by atoms with Crippen molar-refractivity contribution in [2.24, 2.45) is 0 Å². The largest absolute Gasteiger partial charge is 0.507 e. The molecule has 1 atom stereocenters. The lowest BCUT2D eigenvalue weighted by molar-refractivity contribution is 0.435. The van der Waals surface area contributed by atoms with Crippen LogP contribution in [-0.2, 0) is 10.8 Å². The van der Waals surface area contributed by atoms with Crippen molar-refractivity contribution in [2.45, 2.75) is 65.3 Å². The van der Waals surface area contributed by atoms with E-state index in [4.69, 9.17) is 0 Å². The highest BCUT2D eigenvalue weighted by Crippen LogP contribution is 2.40. The van der Waals surface area contributed by atoms with Gasteiger partial charge in [-0.2, -0.15) is 0 Å². The molecule has 1 aromatic carbocycles. The van der Waals surface area contributed by atoms with E-state index in [1.165, 1.54) is 5.56 Å². The second-order valence-corrected chi connectivity index (χ2v) is 9.06. The van der Waals surface area contributed by atoms with E-state index in [1.54, 1.807) is 17.5 Å². The van der Waals surface area contributed by atoms with E-state index in [9.17, 15) is 5.11 Å². The van der Waals surface area contributed by atoms with Crippen LogP contribution in [0.15, 0.2) is 23.7 Å². The Morgan fingerprint density at radius 3 is 2.22 bits per heavy atom. The Morgan fingerprint density at radius 2 is 1.74 bits per heavy atom. The number of anilines is 1. The lowest BCUT2D eigenvalue weighted by atomic mass is 9.78. The van der Waals surface area contributed by atoms with E-state index in [0.29, 0.717) is 5.75 Å². The van der Waals surface area contributed by atoms with Crippen LogP contribution in [0.25, 0.3) is 0 Å². The van der Waals surface area contributed by atoms with Crippen molar-refractivity contribution in [3.05, 3.63) is 40.4 Å². The minimum atomic E-state index is -0.110. The summed E-state index contributed by atoms with van der Waals surface area (Å²) >= 11 is 1.57. The van der Waals surface area contributed by atoms with Crippen LogP contribution in [0, 0.1) is 0 Å². The van der Waals surface area contributed by atoms with Crippen molar-refractivity contribution in [1.29, 1.82) is 0 Å². The number of nitrogens with one attached hydrogen (secondary N) is 1. The van der Waals surface area contributed by atoms with E-state index in [2.05, 4.69) is 70.9 Å². The standard InChI is InChI=1S/C19H28N2OS/c1-12(21-17-20-8-9-23-17)14-10-13(18(2,3)4)11-15(16(14)22)19(5,6)7/h8-12,22H,1-7H3,(H,20,21). The first-order chi connectivity index (χ1) is 10.5. The topological polar surface area (TPSA) is 45.2 Å². The van der Waals surface area contributed by atoms with Crippen LogP contribution in [0.4, 0.5) is 5.13 Å². The Morgan fingerprint density at radius 1 is 1.09 bits per heavy atom. The van der Waals surface area contributed by atoms with Crippen LogP contribution in [-0.4, -0.2) is 10.1 Å².